The van der Waals surface area contributed by atoms with Crippen molar-refractivity contribution in [2.75, 3.05) is 19.9 Å². The van der Waals surface area contributed by atoms with E-state index < -0.39 is 0 Å². The van der Waals surface area contributed by atoms with Crippen LogP contribution >= 0.6 is 0 Å². The van der Waals surface area contributed by atoms with Gasteiger partial charge in [-0.3, -0.25) is 4.84 Å². The third-order valence-corrected chi connectivity index (χ3v) is 0.418. The second-order valence-corrected chi connectivity index (χ2v) is 1.61. The zero-order valence-corrected chi connectivity index (χ0v) is 16.0. The van der Waals surface area contributed by atoms with Crippen LogP contribution in [0.2, 0.25) is 0 Å². The molecule has 0 saturated carbocycles. The minimum Gasteiger partial charge on any atom is -0.331 e. The van der Waals surface area contributed by atoms with E-state index in [0.29, 0.717) is 6.61 Å². The molecule has 0 aliphatic heterocycles. The van der Waals surface area contributed by atoms with Crippen LogP contribution in [0.5, 0.6) is 0 Å². The van der Waals surface area contributed by atoms with E-state index in [0.717, 1.165) is 13.0 Å². The van der Waals surface area contributed by atoms with Gasteiger partial charge in [0.05, 0.1) is 6.61 Å². The molecule has 0 aliphatic carbocycles. The zero-order valence-electron chi connectivity index (χ0n) is 16.0. The lowest BCUT2D eigenvalue weighted by molar-refractivity contribution is 0.138. The molecule has 0 aromatic heterocycles. The predicted octanol–water partition coefficient (Wildman–Crippen LogP) is 3.15. The van der Waals surface area contributed by atoms with E-state index >= 15 is 0 Å². The second kappa shape index (κ2) is 178. The summed E-state index contributed by atoms with van der Waals surface area (Å²) >= 11 is 0. The fourth-order valence-electron chi connectivity index (χ4n) is 0.118. The Labute approximate surface area is 129 Å². The largest absolute Gasteiger partial charge is 0.331 e. The summed E-state index contributed by atoms with van der Waals surface area (Å²) in [5, 5.41) is 0. The van der Waals surface area contributed by atoms with Gasteiger partial charge in [0.15, 0.2) is 0 Å². The van der Waals surface area contributed by atoms with E-state index in [1.165, 1.54) is 0 Å². The van der Waals surface area contributed by atoms with Gasteiger partial charge in [-0.25, -0.2) is 11.8 Å². The molecule has 8 N–H and O–H groups in total. The van der Waals surface area contributed by atoms with E-state index in [4.69, 9.17) is 5.73 Å². The highest BCUT2D eigenvalue weighted by Gasteiger charge is 1.66. The normalized spacial score (nSPS) is 5.70. The quantitative estimate of drug-likeness (QED) is 0.469. The van der Waals surface area contributed by atoms with Crippen molar-refractivity contribution >= 4 is 0 Å². The maximum atomic E-state index is 4.85. The topological polar surface area (TPSA) is 123 Å². The first-order valence-corrected chi connectivity index (χ1v) is 7.78. The van der Waals surface area contributed by atoms with Crippen LogP contribution in [0, 0.1) is 0 Å². The van der Waals surface area contributed by atoms with Crippen molar-refractivity contribution in [2.45, 2.75) is 75.7 Å². The molecule has 0 saturated heterocycles. The first kappa shape index (κ1) is 42.7. The van der Waals surface area contributed by atoms with Crippen molar-refractivity contribution in [1.29, 1.82) is 0 Å². The van der Waals surface area contributed by atoms with Crippen molar-refractivity contribution in [3.05, 3.63) is 0 Å². The molecule has 0 aromatic carbocycles. The molecule has 0 fully saturated rings. The average Bonchev–Trinajstić information content (AvgIpc) is 2.57. The highest BCUT2D eigenvalue weighted by Crippen LogP contribution is 1.67. The van der Waals surface area contributed by atoms with Crippen molar-refractivity contribution in [3.8, 4) is 0 Å². The molecule has 0 aromatic rings. The Bertz CT molecular complexity index is 50.2. The summed E-state index contributed by atoms with van der Waals surface area (Å²) in [6, 6.07) is 0. The van der Waals surface area contributed by atoms with Crippen molar-refractivity contribution in [2.24, 2.45) is 23.3 Å². The Balaban J connectivity index is -0.0000000206. The van der Waals surface area contributed by atoms with Gasteiger partial charge in [-0.1, -0.05) is 69.2 Å². The van der Waals surface area contributed by atoms with Gasteiger partial charge in [-0.2, -0.15) is 0 Å². The minimum atomic E-state index is 0.0972. The fraction of sp³-hybridized carbons (Fsp3) is 1.00. The van der Waals surface area contributed by atoms with Gasteiger partial charge in [0.2, 0.25) is 0 Å². The molecule has 0 atom stereocenters. The monoisotopic (exact) mass is 302 g/mol. The van der Waals surface area contributed by atoms with E-state index in [1.54, 1.807) is 0 Å². The summed E-state index contributed by atoms with van der Waals surface area (Å²) < 4.78 is 0. The van der Waals surface area contributed by atoms with Crippen molar-refractivity contribution in [3.63, 3.8) is 0 Å². The zero-order chi connectivity index (χ0) is 18.2. The van der Waals surface area contributed by atoms with Gasteiger partial charge < -0.3 is 16.3 Å². The van der Waals surface area contributed by atoms with E-state index in [2.05, 4.69) is 27.2 Å². The molecule has 0 bridgehead atoms. The number of hydrogen-bond acceptors (Lipinski definition) is 6. The van der Waals surface area contributed by atoms with Crippen LogP contribution in [0.15, 0.2) is 0 Å². The van der Waals surface area contributed by atoms with E-state index in [-0.39, 0.29) is 6.73 Å². The summed E-state index contributed by atoms with van der Waals surface area (Å²) in [5.74, 6) is 9.04. The van der Waals surface area contributed by atoms with Gasteiger partial charge in [0, 0.05) is 0 Å². The molecular weight excluding hydrogens is 256 g/mol. The Kier molecular flexibility index (Phi) is 381. The first-order valence-electron chi connectivity index (χ1n) is 7.78. The molecular formula is C14H46N4O2. The summed E-state index contributed by atoms with van der Waals surface area (Å²) in [6.45, 7) is 21.4. The number of nitrogens with two attached hydrogens (primary N) is 4. The molecule has 134 valence electrons. The third kappa shape index (κ3) is 655. The Morgan fingerprint density at radius 1 is 0.650 bits per heavy atom. The maximum absolute atomic E-state index is 4.85. The van der Waals surface area contributed by atoms with Crippen LogP contribution in [0.1, 0.15) is 75.7 Å². The highest BCUT2D eigenvalue weighted by molar-refractivity contribution is 4.14. The molecule has 0 radical (unpaired) electrons. The van der Waals surface area contributed by atoms with E-state index in [9.17, 15) is 0 Å². The van der Waals surface area contributed by atoms with Crippen molar-refractivity contribution in [1.82, 2.24) is 0 Å². The Hall–Kier alpha value is -0.240. The third-order valence-electron chi connectivity index (χ3n) is 0.418. The lowest BCUT2D eigenvalue weighted by Gasteiger charge is -1.83. The predicted molar refractivity (Wildman–Crippen MR) is 94.9 cm³/mol. The molecule has 0 amide bonds. The Morgan fingerprint density at radius 2 is 0.850 bits per heavy atom. The summed E-state index contributed by atoms with van der Waals surface area (Å²) in [7, 11) is 0. The van der Waals surface area contributed by atoms with Crippen LogP contribution in [0.25, 0.3) is 0 Å². The second-order valence-electron chi connectivity index (χ2n) is 1.61. The highest BCUT2D eigenvalue weighted by atomic mass is 16.6. The molecule has 0 spiro atoms. The average molecular weight is 303 g/mol. The summed E-state index contributed by atoms with van der Waals surface area (Å²) in [5.41, 5.74) is 9.53. The van der Waals surface area contributed by atoms with Gasteiger partial charge in [-0.05, 0) is 13.0 Å². The van der Waals surface area contributed by atoms with Crippen LogP contribution in [-0.4, -0.2) is 19.9 Å². The first-order chi connectivity index (χ1) is 9.74. The molecule has 0 heterocycles. The maximum Gasteiger partial charge on any atom is 0.116 e. The lowest BCUT2D eigenvalue weighted by atomic mass is 10.5. The molecule has 6 heteroatoms. The fourth-order valence-corrected chi connectivity index (χ4v) is 0.118. The van der Waals surface area contributed by atoms with Crippen LogP contribution in [0.3, 0.4) is 0 Å². The smallest absolute Gasteiger partial charge is 0.116 e. The van der Waals surface area contributed by atoms with Gasteiger partial charge in [0.25, 0.3) is 0 Å². The van der Waals surface area contributed by atoms with E-state index in [1.807, 2.05) is 69.2 Å². The minimum absolute atomic E-state index is 0.0972. The van der Waals surface area contributed by atoms with Crippen LogP contribution in [-0.2, 0) is 9.68 Å². The molecule has 6 nitrogen and oxygen atoms in total. The molecule has 0 aliphatic rings. The summed E-state index contributed by atoms with van der Waals surface area (Å²) in [4.78, 5) is 8.01. The Morgan fingerprint density at radius 3 is 0.850 bits per heavy atom. The van der Waals surface area contributed by atoms with Gasteiger partial charge in [-0.15, -0.1) is 0 Å². The summed E-state index contributed by atoms with van der Waals surface area (Å²) in [6.07, 6.45) is 0.997. The van der Waals surface area contributed by atoms with Gasteiger partial charge in [0.1, 0.15) is 6.73 Å². The molecule has 0 rings (SSSR count). The molecule has 20 heavy (non-hydrogen) atoms. The number of hydrogen-bond donors (Lipinski definition) is 4. The standard InChI is InChI=1S/C3H9NO.C2H7N.4C2H6.CH6N2O/c1-2-3-5-4;1-2-3;4*1-2;2-1-4-3/h2-4H2,1H3;2-3H2,1H3;4*1-2H3;1-3H2. The number of rotatable bonds is 3. The van der Waals surface area contributed by atoms with Crippen molar-refractivity contribution < 1.29 is 9.68 Å². The molecule has 0 unspecified atom stereocenters. The lowest BCUT2D eigenvalue weighted by Crippen LogP contribution is -2.08. The van der Waals surface area contributed by atoms with Crippen LogP contribution < -0.4 is 23.3 Å². The SMILES string of the molecule is CC.CC.CC.CC.CCCON.CCN.NCON. The van der Waals surface area contributed by atoms with Gasteiger partial charge >= 0.3 is 0 Å². The van der Waals surface area contributed by atoms with Crippen LogP contribution in [0.4, 0.5) is 0 Å².